The van der Waals surface area contributed by atoms with E-state index in [9.17, 15) is 18.0 Å². The number of hydrogen-bond donors (Lipinski definition) is 2. The summed E-state index contributed by atoms with van der Waals surface area (Å²) in [6, 6.07) is 1.54. The summed E-state index contributed by atoms with van der Waals surface area (Å²) in [5.41, 5.74) is 6.74. The van der Waals surface area contributed by atoms with Crippen molar-refractivity contribution in [2.75, 3.05) is 25.5 Å². The predicted octanol–water partition coefficient (Wildman–Crippen LogP) is 1.28. The Kier molecular flexibility index (Phi) is 5.11. The molecule has 1 rings (SSSR count). The predicted molar refractivity (Wildman–Crippen MR) is 62.6 cm³/mol. The zero-order chi connectivity index (χ0) is 14.5. The van der Waals surface area contributed by atoms with Crippen LogP contribution in [0.4, 0.5) is 18.9 Å². The molecule has 0 fully saturated rings. The summed E-state index contributed by atoms with van der Waals surface area (Å²) >= 11 is 0. The third-order valence-electron chi connectivity index (χ3n) is 2.11. The second-order valence-electron chi connectivity index (χ2n) is 3.84. The van der Waals surface area contributed by atoms with E-state index in [1.54, 1.807) is 6.92 Å². The molecule has 0 bridgehead atoms. The molecule has 1 aromatic rings. The molecule has 0 atom stereocenters. The van der Waals surface area contributed by atoms with Gasteiger partial charge in [-0.05, 0) is 13.0 Å². The standard InChI is InChI=1S/C11H14F3N3O2/c1-7-4-9(15)8(5-17-7)10(18)16-2-3-19-6-11(12,13)14/h4-5H,2-3,6H2,1H3,(H2,15,17)(H,16,18). The van der Waals surface area contributed by atoms with E-state index >= 15 is 0 Å². The molecule has 8 heteroatoms. The molecular weight excluding hydrogens is 263 g/mol. The topological polar surface area (TPSA) is 77.2 Å². The lowest BCUT2D eigenvalue weighted by Crippen LogP contribution is -2.29. The molecular formula is C11H14F3N3O2. The number of alkyl halides is 3. The number of anilines is 1. The third-order valence-corrected chi connectivity index (χ3v) is 2.11. The first-order valence-corrected chi connectivity index (χ1v) is 5.44. The van der Waals surface area contributed by atoms with E-state index in [4.69, 9.17) is 5.73 Å². The quantitative estimate of drug-likeness (QED) is 0.795. The number of amides is 1. The number of nitrogen functional groups attached to an aromatic ring is 1. The fourth-order valence-electron chi connectivity index (χ4n) is 1.29. The number of aryl methyl sites for hydroxylation is 1. The molecule has 3 N–H and O–H groups in total. The zero-order valence-electron chi connectivity index (χ0n) is 10.3. The molecule has 1 aromatic heterocycles. The SMILES string of the molecule is Cc1cc(N)c(C(=O)NCCOCC(F)(F)F)cn1. The van der Waals surface area contributed by atoms with Crippen LogP contribution in [0.5, 0.6) is 0 Å². The highest BCUT2D eigenvalue weighted by Gasteiger charge is 2.27. The molecule has 0 spiro atoms. The lowest BCUT2D eigenvalue weighted by atomic mass is 10.2. The van der Waals surface area contributed by atoms with E-state index in [2.05, 4.69) is 15.0 Å². The molecule has 0 aliphatic heterocycles. The molecule has 0 saturated heterocycles. The first kappa shape index (κ1) is 15.2. The minimum absolute atomic E-state index is 0.0395. The normalized spacial score (nSPS) is 11.4. The number of pyridine rings is 1. The average Bonchev–Trinajstić information content (AvgIpc) is 2.26. The van der Waals surface area contributed by atoms with E-state index in [1.165, 1.54) is 12.3 Å². The van der Waals surface area contributed by atoms with Crippen molar-refractivity contribution < 1.29 is 22.7 Å². The maximum absolute atomic E-state index is 11.8. The summed E-state index contributed by atoms with van der Waals surface area (Å²) in [5, 5.41) is 2.39. The van der Waals surface area contributed by atoms with Gasteiger partial charge in [0.05, 0.1) is 12.2 Å². The van der Waals surface area contributed by atoms with Crippen molar-refractivity contribution in [2.24, 2.45) is 0 Å². The Morgan fingerprint density at radius 3 is 2.79 bits per heavy atom. The molecule has 1 amide bonds. The summed E-state index contributed by atoms with van der Waals surface area (Å²) in [5.74, 6) is -0.499. The van der Waals surface area contributed by atoms with Gasteiger partial charge in [0.15, 0.2) is 0 Å². The van der Waals surface area contributed by atoms with Crippen molar-refractivity contribution in [3.8, 4) is 0 Å². The largest absolute Gasteiger partial charge is 0.411 e. The number of hydrogen-bond acceptors (Lipinski definition) is 4. The van der Waals surface area contributed by atoms with Gasteiger partial charge in [-0.25, -0.2) is 0 Å². The van der Waals surface area contributed by atoms with E-state index in [-0.39, 0.29) is 24.4 Å². The van der Waals surface area contributed by atoms with Gasteiger partial charge in [-0.3, -0.25) is 9.78 Å². The first-order valence-electron chi connectivity index (χ1n) is 5.44. The molecule has 1 heterocycles. The van der Waals surface area contributed by atoms with Crippen LogP contribution in [0, 0.1) is 6.92 Å². The molecule has 0 aliphatic rings. The van der Waals surface area contributed by atoms with Crippen LogP contribution in [-0.4, -0.2) is 36.8 Å². The Morgan fingerprint density at radius 2 is 2.21 bits per heavy atom. The lowest BCUT2D eigenvalue weighted by molar-refractivity contribution is -0.173. The second kappa shape index (κ2) is 6.37. The van der Waals surface area contributed by atoms with Crippen LogP contribution >= 0.6 is 0 Å². The van der Waals surface area contributed by atoms with Crippen LogP contribution in [-0.2, 0) is 4.74 Å². The Morgan fingerprint density at radius 1 is 1.53 bits per heavy atom. The van der Waals surface area contributed by atoms with Crippen LogP contribution < -0.4 is 11.1 Å². The smallest absolute Gasteiger partial charge is 0.398 e. The van der Waals surface area contributed by atoms with Crippen molar-refractivity contribution in [3.05, 3.63) is 23.5 Å². The van der Waals surface area contributed by atoms with Crippen LogP contribution in [0.15, 0.2) is 12.3 Å². The van der Waals surface area contributed by atoms with Crippen LogP contribution in [0.3, 0.4) is 0 Å². The van der Waals surface area contributed by atoms with Gasteiger partial charge in [-0.15, -0.1) is 0 Å². The van der Waals surface area contributed by atoms with Gasteiger partial charge in [0, 0.05) is 24.1 Å². The van der Waals surface area contributed by atoms with Crippen LogP contribution in [0.25, 0.3) is 0 Å². The highest BCUT2D eigenvalue weighted by Crippen LogP contribution is 2.14. The van der Waals surface area contributed by atoms with Crippen molar-refractivity contribution >= 4 is 11.6 Å². The monoisotopic (exact) mass is 277 g/mol. The Hall–Kier alpha value is -1.83. The Balaban J connectivity index is 2.36. The first-order chi connectivity index (χ1) is 8.79. The molecule has 0 unspecified atom stereocenters. The molecule has 0 saturated carbocycles. The van der Waals surface area contributed by atoms with Crippen molar-refractivity contribution in [1.29, 1.82) is 0 Å². The minimum Gasteiger partial charge on any atom is -0.398 e. The number of carbonyl (C=O) groups is 1. The van der Waals surface area contributed by atoms with Gasteiger partial charge in [-0.1, -0.05) is 0 Å². The number of halogens is 3. The van der Waals surface area contributed by atoms with Crippen molar-refractivity contribution in [1.82, 2.24) is 10.3 Å². The highest BCUT2D eigenvalue weighted by molar-refractivity contribution is 5.98. The number of ether oxygens (including phenoxy) is 1. The van der Waals surface area contributed by atoms with E-state index in [0.29, 0.717) is 5.69 Å². The van der Waals surface area contributed by atoms with E-state index in [0.717, 1.165) is 0 Å². The number of nitrogens with one attached hydrogen (secondary N) is 1. The lowest BCUT2D eigenvalue weighted by Gasteiger charge is -2.09. The summed E-state index contributed by atoms with van der Waals surface area (Å²) in [7, 11) is 0. The summed E-state index contributed by atoms with van der Waals surface area (Å²) in [4.78, 5) is 15.5. The average molecular weight is 277 g/mol. The van der Waals surface area contributed by atoms with E-state index in [1.807, 2.05) is 0 Å². The maximum atomic E-state index is 11.8. The van der Waals surface area contributed by atoms with Crippen molar-refractivity contribution in [2.45, 2.75) is 13.1 Å². The molecule has 19 heavy (non-hydrogen) atoms. The van der Waals surface area contributed by atoms with Crippen LogP contribution in [0.2, 0.25) is 0 Å². The van der Waals surface area contributed by atoms with E-state index < -0.39 is 18.7 Å². The van der Waals surface area contributed by atoms with Gasteiger partial charge in [0.1, 0.15) is 6.61 Å². The number of nitrogens with zero attached hydrogens (tertiary/aromatic N) is 1. The number of aromatic nitrogens is 1. The molecule has 0 aromatic carbocycles. The summed E-state index contributed by atoms with van der Waals surface area (Å²) in [6.45, 7) is 0.118. The summed E-state index contributed by atoms with van der Waals surface area (Å²) in [6.07, 6.45) is -3.05. The molecule has 0 radical (unpaired) electrons. The second-order valence-corrected chi connectivity index (χ2v) is 3.84. The Labute approximate surface area is 108 Å². The van der Waals surface area contributed by atoms with Gasteiger partial charge in [0.25, 0.3) is 5.91 Å². The fourth-order valence-corrected chi connectivity index (χ4v) is 1.29. The fraction of sp³-hybridized carbons (Fsp3) is 0.455. The molecule has 106 valence electrons. The maximum Gasteiger partial charge on any atom is 0.411 e. The van der Waals surface area contributed by atoms with Gasteiger partial charge >= 0.3 is 6.18 Å². The third kappa shape index (κ3) is 5.56. The molecule has 0 aliphatic carbocycles. The minimum atomic E-state index is -4.37. The summed E-state index contributed by atoms with van der Waals surface area (Å²) < 4.78 is 39.6. The number of nitrogens with two attached hydrogens (primary N) is 1. The highest BCUT2D eigenvalue weighted by atomic mass is 19.4. The molecule has 5 nitrogen and oxygen atoms in total. The van der Waals surface area contributed by atoms with Gasteiger partial charge < -0.3 is 15.8 Å². The number of rotatable bonds is 5. The van der Waals surface area contributed by atoms with Crippen LogP contribution in [0.1, 0.15) is 16.1 Å². The Bertz CT molecular complexity index is 449. The zero-order valence-corrected chi connectivity index (χ0v) is 10.3. The van der Waals surface area contributed by atoms with Crippen molar-refractivity contribution in [3.63, 3.8) is 0 Å². The van der Waals surface area contributed by atoms with Gasteiger partial charge in [0.2, 0.25) is 0 Å². The van der Waals surface area contributed by atoms with Gasteiger partial charge in [-0.2, -0.15) is 13.2 Å². The number of carbonyl (C=O) groups excluding carboxylic acids is 1.